The highest BCUT2D eigenvalue weighted by molar-refractivity contribution is 6.14. The molecule has 11 aromatic rings. The van der Waals surface area contributed by atoms with Gasteiger partial charge in [0.25, 0.3) is 0 Å². The van der Waals surface area contributed by atoms with E-state index in [-0.39, 0.29) is 0 Å². The number of aromatic nitrogens is 1. The first kappa shape index (κ1) is 33.5. The van der Waals surface area contributed by atoms with Gasteiger partial charge in [0.15, 0.2) is 0 Å². The van der Waals surface area contributed by atoms with Gasteiger partial charge in [-0.1, -0.05) is 164 Å². The zero-order chi connectivity index (χ0) is 38.4. The highest BCUT2D eigenvalue weighted by atomic mass is 15.1. The number of benzene rings is 9. The second-order valence-electron chi connectivity index (χ2n) is 14.7. The van der Waals surface area contributed by atoms with Crippen LogP contribution in [0.4, 0.5) is 17.1 Å². The van der Waals surface area contributed by atoms with Crippen molar-refractivity contribution in [3.8, 4) is 39.1 Å². The molecule has 0 saturated carbocycles. The third-order valence-electron chi connectivity index (χ3n) is 11.4. The van der Waals surface area contributed by atoms with Crippen molar-refractivity contribution in [2.45, 2.75) is 0 Å². The minimum absolute atomic E-state index is 0.997. The van der Waals surface area contributed by atoms with Crippen LogP contribution in [0.25, 0.3) is 82.4 Å². The molecule has 0 N–H and O–H groups in total. The summed E-state index contributed by atoms with van der Waals surface area (Å²) in [5, 5.41) is 7.51. The number of anilines is 3. The van der Waals surface area contributed by atoms with Crippen molar-refractivity contribution in [3.05, 3.63) is 231 Å². The van der Waals surface area contributed by atoms with Crippen molar-refractivity contribution in [1.29, 1.82) is 0 Å². The van der Waals surface area contributed by atoms with Crippen molar-refractivity contribution in [1.82, 2.24) is 4.57 Å². The number of hydrogen-bond donors (Lipinski definition) is 0. The molecule has 0 fully saturated rings. The summed E-state index contributed by atoms with van der Waals surface area (Å²) in [6, 6.07) is 85.2. The Morgan fingerprint density at radius 2 is 1.02 bits per heavy atom. The van der Waals surface area contributed by atoms with Gasteiger partial charge in [0.1, 0.15) is 0 Å². The fourth-order valence-corrected chi connectivity index (χ4v) is 8.82. The average molecular weight is 737 g/mol. The van der Waals surface area contributed by atoms with Gasteiger partial charge in [-0.2, -0.15) is 0 Å². The van der Waals surface area contributed by atoms with Gasteiger partial charge >= 0.3 is 0 Å². The van der Waals surface area contributed by atoms with E-state index in [0.717, 1.165) is 39.4 Å². The fourth-order valence-electron chi connectivity index (χ4n) is 8.82. The molecular weight excluding hydrogens is 701 g/mol. The predicted octanol–water partition coefficient (Wildman–Crippen LogP) is 15.2. The molecule has 0 saturated heterocycles. The summed E-state index contributed by atoms with van der Waals surface area (Å²) < 4.78 is 2.41. The number of hydrogen-bond acceptors (Lipinski definition) is 1. The molecule has 2 nitrogen and oxygen atoms in total. The normalized spacial score (nSPS) is 11.3. The molecule has 0 bridgehead atoms. The first-order chi connectivity index (χ1) is 28.8. The molecule has 0 atom stereocenters. The van der Waals surface area contributed by atoms with E-state index >= 15 is 0 Å². The minimum atomic E-state index is 0.997. The van der Waals surface area contributed by atoms with Gasteiger partial charge in [0.05, 0.1) is 22.4 Å². The molecule has 0 unspecified atom stereocenters. The van der Waals surface area contributed by atoms with E-state index in [2.05, 4.69) is 228 Å². The minimum Gasteiger partial charge on any atom is -0.310 e. The van der Waals surface area contributed by atoms with E-state index < -0.39 is 0 Å². The van der Waals surface area contributed by atoms with Gasteiger partial charge in [0.2, 0.25) is 0 Å². The second kappa shape index (κ2) is 14.0. The van der Waals surface area contributed by atoms with Gasteiger partial charge in [0, 0.05) is 38.8 Å². The SMILES string of the molecule is c1cccc(-c2ccccc2N(c2ccc(-c3ccccc3-n3c4ccccc4c4ccccc43)cc2)c2cccc(-c3cc4ccccc4c4ccccc34)c2)c#1. The molecule has 0 amide bonds. The number of nitrogens with zero attached hydrogens (tertiary/aromatic N) is 2. The van der Waals surface area contributed by atoms with E-state index in [1.165, 1.54) is 60.0 Å². The zero-order valence-corrected chi connectivity index (χ0v) is 31.7. The van der Waals surface area contributed by atoms with Crippen LogP contribution in [0.15, 0.2) is 218 Å². The summed E-state index contributed by atoms with van der Waals surface area (Å²) in [5.41, 5.74) is 13.5. The van der Waals surface area contributed by atoms with Crippen LogP contribution < -0.4 is 4.90 Å². The Morgan fingerprint density at radius 1 is 0.379 bits per heavy atom. The highest BCUT2D eigenvalue weighted by Gasteiger charge is 2.20. The Labute approximate surface area is 338 Å². The van der Waals surface area contributed by atoms with Crippen molar-refractivity contribution >= 4 is 60.4 Å². The summed E-state index contributed by atoms with van der Waals surface area (Å²) in [7, 11) is 0. The lowest BCUT2D eigenvalue weighted by molar-refractivity contribution is 1.18. The fraction of sp³-hybridized carbons (Fsp3) is 0. The summed E-state index contributed by atoms with van der Waals surface area (Å²) in [6.07, 6.45) is 0. The topological polar surface area (TPSA) is 8.17 Å². The third kappa shape index (κ3) is 5.61. The van der Waals surface area contributed by atoms with Gasteiger partial charge in [-0.05, 0) is 105 Å². The molecule has 270 valence electrons. The van der Waals surface area contributed by atoms with Gasteiger partial charge in [-0.25, -0.2) is 0 Å². The highest BCUT2D eigenvalue weighted by Crippen LogP contribution is 2.44. The molecule has 2 heteroatoms. The van der Waals surface area contributed by atoms with E-state index in [0.29, 0.717) is 0 Å². The molecule has 0 radical (unpaired) electrons. The van der Waals surface area contributed by atoms with E-state index in [9.17, 15) is 0 Å². The lowest BCUT2D eigenvalue weighted by atomic mass is 9.93. The quantitative estimate of drug-likeness (QED) is 0.148. The molecule has 0 aliphatic rings. The predicted molar refractivity (Wildman–Crippen MR) is 244 cm³/mol. The summed E-state index contributed by atoms with van der Waals surface area (Å²) >= 11 is 0. The van der Waals surface area contributed by atoms with E-state index in [4.69, 9.17) is 0 Å². The number of rotatable bonds is 7. The van der Waals surface area contributed by atoms with Crippen LogP contribution in [0.3, 0.4) is 0 Å². The molecule has 1 aromatic heterocycles. The molecule has 10 aromatic carbocycles. The third-order valence-corrected chi connectivity index (χ3v) is 11.4. The van der Waals surface area contributed by atoms with Crippen LogP contribution in [-0.2, 0) is 0 Å². The van der Waals surface area contributed by atoms with Crippen molar-refractivity contribution in [2.75, 3.05) is 4.90 Å². The van der Waals surface area contributed by atoms with E-state index in [1.807, 2.05) is 12.1 Å². The monoisotopic (exact) mass is 736 g/mol. The summed E-state index contributed by atoms with van der Waals surface area (Å²) in [4.78, 5) is 2.38. The molecule has 11 rings (SSSR count). The Bertz CT molecular complexity index is 3230. The Kier molecular flexibility index (Phi) is 8.09. The molecule has 0 aliphatic heterocycles. The Morgan fingerprint density at radius 3 is 1.78 bits per heavy atom. The maximum atomic E-state index is 3.38. The van der Waals surface area contributed by atoms with Crippen LogP contribution >= 0.6 is 0 Å². The second-order valence-corrected chi connectivity index (χ2v) is 14.7. The van der Waals surface area contributed by atoms with Crippen LogP contribution in [0.5, 0.6) is 0 Å². The average Bonchev–Trinajstić information content (AvgIpc) is 3.64. The first-order valence-corrected chi connectivity index (χ1v) is 19.8. The van der Waals surface area contributed by atoms with Crippen LogP contribution in [0, 0.1) is 12.1 Å². The van der Waals surface area contributed by atoms with Gasteiger partial charge in [-0.3, -0.25) is 0 Å². The van der Waals surface area contributed by atoms with Crippen LogP contribution in [0.2, 0.25) is 0 Å². The number of para-hydroxylation sites is 4. The van der Waals surface area contributed by atoms with Crippen LogP contribution in [-0.4, -0.2) is 4.57 Å². The summed E-state index contributed by atoms with van der Waals surface area (Å²) in [6.45, 7) is 0. The number of fused-ring (bicyclic) bond motifs is 6. The molecule has 1 heterocycles. The molecular formula is C56H36N2. The van der Waals surface area contributed by atoms with Crippen molar-refractivity contribution in [3.63, 3.8) is 0 Å². The largest absolute Gasteiger partial charge is 0.310 e. The van der Waals surface area contributed by atoms with E-state index in [1.54, 1.807) is 0 Å². The van der Waals surface area contributed by atoms with Gasteiger partial charge < -0.3 is 9.47 Å². The standard InChI is InChI=1S/C56H36N2/c1-2-17-39(18-3-1)46-23-8-12-29-53(46)57(44-21-16-20-41(37-44)52-38-42-19-4-5-22-45(42)48-25-6-7-26-49(48)52)43-35-33-40(34-36-43)47-24-9-13-30-54(47)58-55-31-14-10-27-50(55)51-28-11-15-32-56(51)58/h1-2,4-17,19-38H. The maximum Gasteiger partial charge on any atom is 0.0546 e. The van der Waals surface area contributed by atoms with Crippen molar-refractivity contribution < 1.29 is 0 Å². The Hall–Kier alpha value is -7.86. The molecule has 0 spiro atoms. The smallest absolute Gasteiger partial charge is 0.0546 e. The summed E-state index contributed by atoms with van der Waals surface area (Å²) in [5.74, 6) is 0. The van der Waals surface area contributed by atoms with Crippen LogP contribution in [0.1, 0.15) is 0 Å². The van der Waals surface area contributed by atoms with Crippen molar-refractivity contribution in [2.24, 2.45) is 0 Å². The molecule has 0 aliphatic carbocycles. The lowest BCUT2D eigenvalue weighted by Gasteiger charge is -2.28. The first-order valence-electron chi connectivity index (χ1n) is 19.8. The zero-order valence-electron chi connectivity index (χ0n) is 31.7. The molecule has 58 heavy (non-hydrogen) atoms. The maximum absolute atomic E-state index is 3.38. The lowest BCUT2D eigenvalue weighted by Crippen LogP contribution is -2.11. The Balaban J connectivity index is 1.08. The van der Waals surface area contributed by atoms with Gasteiger partial charge in [-0.15, -0.1) is 0 Å².